The van der Waals surface area contributed by atoms with Crippen molar-refractivity contribution in [1.82, 2.24) is 34.7 Å². The van der Waals surface area contributed by atoms with Crippen molar-refractivity contribution in [2.45, 2.75) is 32.7 Å². The molecule has 29 heavy (non-hydrogen) atoms. The number of tetrazole rings is 1. The summed E-state index contributed by atoms with van der Waals surface area (Å²) in [5.41, 5.74) is 2.88. The molecule has 0 amide bonds. The molecule has 0 aliphatic heterocycles. The highest BCUT2D eigenvalue weighted by Crippen LogP contribution is 2.28. The highest BCUT2D eigenvalue weighted by atomic mass is 79.9. The molecule has 1 N–H and O–H groups in total. The third kappa shape index (κ3) is 4.17. The minimum Gasteiger partial charge on any atom is -0.317 e. The Bertz CT molecular complexity index is 1100. The molecule has 10 heteroatoms. The summed E-state index contributed by atoms with van der Waals surface area (Å²) in [6.07, 6.45) is 3.20. The fraction of sp³-hybridized carbons (Fsp3) is 0.263. The van der Waals surface area contributed by atoms with Gasteiger partial charge in [-0.1, -0.05) is 37.1 Å². The lowest BCUT2D eigenvalue weighted by atomic mass is 10.2. The number of nitrogens with one attached hydrogen (secondary N) is 1. The molecule has 4 rings (SSSR count). The average molecular weight is 540 g/mol. The lowest BCUT2D eigenvalue weighted by molar-refractivity contribution is 0.670. The minimum absolute atomic E-state index is 0.494. The monoisotopic (exact) mass is 537 g/mol. The second-order valence-electron chi connectivity index (χ2n) is 6.58. The normalized spacial score (nSPS) is 11.3. The first-order chi connectivity index (χ1) is 14.1. The number of aromatic amines is 1. The molecule has 0 aliphatic carbocycles. The fourth-order valence-corrected chi connectivity index (χ4v) is 4.27. The Balaban J connectivity index is 1.62. The molecule has 3 heterocycles. The molecule has 7 nitrogen and oxygen atoms in total. The molecule has 3 aromatic heterocycles. The van der Waals surface area contributed by atoms with Gasteiger partial charge in [-0.15, -0.1) is 10.2 Å². The van der Waals surface area contributed by atoms with Gasteiger partial charge >= 0.3 is 0 Å². The molecule has 0 radical (unpaired) electrons. The van der Waals surface area contributed by atoms with Gasteiger partial charge in [-0.25, -0.2) is 4.98 Å². The van der Waals surface area contributed by atoms with Crippen molar-refractivity contribution < 1.29 is 0 Å². The number of H-pyrrole nitrogens is 1. The van der Waals surface area contributed by atoms with Crippen LogP contribution in [0.5, 0.6) is 0 Å². The number of aryl methyl sites for hydroxylation is 1. The smallest absolute Gasteiger partial charge is 0.221 e. The standard InChI is InChI=1S/C19H18Br2ClN7/c1-2-3-4-16-23-17(20)18(21)28(16)11-12-5-7-13(8-6-12)29-14(9-10-15(29)22)19-24-26-27-25-19/h5-10H,2-4,11H2,1H3,(H,24,25,26,27). The van der Waals surface area contributed by atoms with E-state index in [-0.39, 0.29) is 0 Å². The number of halogens is 3. The third-order valence-electron chi connectivity index (χ3n) is 4.64. The van der Waals surface area contributed by atoms with Crippen LogP contribution in [-0.4, -0.2) is 34.7 Å². The average Bonchev–Trinajstić information content (AvgIpc) is 3.44. The van der Waals surface area contributed by atoms with Crippen LogP contribution in [0.25, 0.3) is 17.2 Å². The Kier molecular flexibility index (Phi) is 6.17. The predicted octanol–water partition coefficient (Wildman–Crippen LogP) is 5.42. The van der Waals surface area contributed by atoms with E-state index in [9.17, 15) is 0 Å². The summed E-state index contributed by atoms with van der Waals surface area (Å²) in [5.74, 6) is 1.57. The molecule has 0 fully saturated rings. The van der Waals surface area contributed by atoms with Crippen molar-refractivity contribution in [3.05, 3.63) is 62.1 Å². The number of nitrogens with zero attached hydrogens (tertiary/aromatic N) is 6. The van der Waals surface area contributed by atoms with Crippen LogP contribution in [0.2, 0.25) is 5.15 Å². The number of imidazole rings is 1. The van der Waals surface area contributed by atoms with Crippen LogP contribution in [0.15, 0.2) is 45.6 Å². The predicted molar refractivity (Wildman–Crippen MR) is 119 cm³/mol. The lowest BCUT2D eigenvalue weighted by Gasteiger charge is -2.12. The number of aromatic nitrogens is 7. The summed E-state index contributed by atoms with van der Waals surface area (Å²) in [5, 5.41) is 14.8. The van der Waals surface area contributed by atoms with Crippen LogP contribution in [0, 0.1) is 0 Å². The maximum absolute atomic E-state index is 6.41. The minimum atomic E-state index is 0.494. The van der Waals surface area contributed by atoms with Crippen molar-refractivity contribution in [2.24, 2.45) is 0 Å². The zero-order valence-electron chi connectivity index (χ0n) is 15.6. The van der Waals surface area contributed by atoms with E-state index in [1.54, 1.807) is 0 Å². The summed E-state index contributed by atoms with van der Waals surface area (Å²) >= 11 is 13.6. The molecule has 0 saturated carbocycles. The van der Waals surface area contributed by atoms with Crippen molar-refractivity contribution in [2.75, 3.05) is 0 Å². The zero-order valence-corrected chi connectivity index (χ0v) is 19.5. The van der Waals surface area contributed by atoms with Gasteiger partial charge in [-0.05, 0) is 73.3 Å². The maximum Gasteiger partial charge on any atom is 0.221 e. The van der Waals surface area contributed by atoms with E-state index < -0.39 is 0 Å². The first kappa shape index (κ1) is 20.3. The molecule has 4 aromatic rings. The van der Waals surface area contributed by atoms with Crippen molar-refractivity contribution >= 4 is 43.5 Å². The summed E-state index contributed by atoms with van der Waals surface area (Å²) in [4.78, 5) is 4.64. The molecular weight excluding hydrogens is 522 g/mol. The third-order valence-corrected chi connectivity index (χ3v) is 6.83. The van der Waals surface area contributed by atoms with Crippen LogP contribution in [0.4, 0.5) is 0 Å². The van der Waals surface area contributed by atoms with E-state index in [1.165, 1.54) is 5.56 Å². The van der Waals surface area contributed by atoms with Crippen LogP contribution >= 0.6 is 43.5 Å². The van der Waals surface area contributed by atoms with E-state index in [0.717, 1.165) is 52.2 Å². The summed E-state index contributed by atoms with van der Waals surface area (Å²) in [6.45, 7) is 2.92. The fourth-order valence-electron chi connectivity index (χ4n) is 3.18. The second-order valence-corrected chi connectivity index (χ2v) is 8.47. The van der Waals surface area contributed by atoms with Gasteiger partial charge in [0.1, 0.15) is 20.2 Å². The molecule has 1 aromatic carbocycles. The molecule has 0 spiro atoms. The Morgan fingerprint density at radius 1 is 1.10 bits per heavy atom. The number of benzene rings is 1. The topological polar surface area (TPSA) is 77.2 Å². The van der Waals surface area contributed by atoms with Gasteiger partial charge < -0.3 is 4.57 Å². The van der Waals surface area contributed by atoms with Crippen molar-refractivity contribution in [1.29, 1.82) is 0 Å². The summed E-state index contributed by atoms with van der Waals surface area (Å²) in [7, 11) is 0. The van der Waals surface area contributed by atoms with Crippen LogP contribution in [0.1, 0.15) is 31.2 Å². The van der Waals surface area contributed by atoms with E-state index in [0.29, 0.717) is 11.0 Å². The van der Waals surface area contributed by atoms with Crippen LogP contribution in [-0.2, 0) is 13.0 Å². The van der Waals surface area contributed by atoms with Crippen LogP contribution < -0.4 is 0 Å². The Morgan fingerprint density at radius 3 is 2.59 bits per heavy atom. The van der Waals surface area contributed by atoms with Gasteiger partial charge in [-0.2, -0.15) is 5.21 Å². The molecular formula is C19H18Br2ClN7. The number of hydrogen-bond acceptors (Lipinski definition) is 4. The highest BCUT2D eigenvalue weighted by Gasteiger charge is 2.16. The van der Waals surface area contributed by atoms with E-state index in [4.69, 9.17) is 11.6 Å². The highest BCUT2D eigenvalue weighted by molar-refractivity contribution is 9.13. The second kappa shape index (κ2) is 8.81. The number of rotatable bonds is 7. The van der Waals surface area contributed by atoms with E-state index in [2.05, 4.69) is 81.1 Å². The van der Waals surface area contributed by atoms with Crippen molar-refractivity contribution in [3.63, 3.8) is 0 Å². The van der Waals surface area contributed by atoms with Gasteiger partial charge in [0.25, 0.3) is 0 Å². The molecule has 0 unspecified atom stereocenters. The van der Waals surface area contributed by atoms with Gasteiger partial charge in [0.15, 0.2) is 0 Å². The molecule has 150 valence electrons. The summed E-state index contributed by atoms with van der Waals surface area (Å²) in [6, 6.07) is 12.0. The number of unbranched alkanes of at least 4 members (excludes halogenated alkanes) is 1. The molecule has 0 bridgehead atoms. The SMILES string of the molecule is CCCCc1nc(Br)c(Br)n1Cc1ccc(-n2c(Cl)ccc2-c2nn[nH]n2)cc1. The molecule has 0 atom stereocenters. The first-order valence-electron chi connectivity index (χ1n) is 9.19. The first-order valence-corrected chi connectivity index (χ1v) is 11.2. The van der Waals surface area contributed by atoms with Gasteiger partial charge in [0.05, 0.1) is 5.69 Å². The Labute approximate surface area is 189 Å². The van der Waals surface area contributed by atoms with Crippen molar-refractivity contribution in [3.8, 4) is 17.2 Å². The summed E-state index contributed by atoms with van der Waals surface area (Å²) < 4.78 is 5.89. The van der Waals surface area contributed by atoms with E-state index in [1.807, 2.05) is 28.8 Å². The quantitative estimate of drug-likeness (QED) is 0.340. The largest absolute Gasteiger partial charge is 0.317 e. The van der Waals surface area contributed by atoms with E-state index >= 15 is 0 Å². The lowest BCUT2D eigenvalue weighted by Crippen LogP contribution is -2.06. The Morgan fingerprint density at radius 2 is 1.90 bits per heavy atom. The van der Waals surface area contributed by atoms with Gasteiger partial charge in [0.2, 0.25) is 5.82 Å². The number of hydrogen-bond donors (Lipinski definition) is 1. The molecule has 0 saturated heterocycles. The van der Waals surface area contributed by atoms with Crippen LogP contribution in [0.3, 0.4) is 0 Å². The zero-order chi connectivity index (χ0) is 20.4. The van der Waals surface area contributed by atoms with Gasteiger partial charge in [-0.3, -0.25) is 4.57 Å². The van der Waals surface area contributed by atoms with Gasteiger partial charge in [0, 0.05) is 18.7 Å². The molecule has 0 aliphatic rings. The Hall–Kier alpha value is -1.97. The maximum atomic E-state index is 6.41.